The maximum Gasteiger partial charge on any atom is 0.252 e. The fraction of sp³-hybridized carbons (Fsp3) is 0.429. The van der Waals surface area contributed by atoms with Crippen molar-refractivity contribution in [1.29, 1.82) is 0 Å². The number of rotatable bonds is 5. The van der Waals surface area contributed by atoms with Crippen LogP contribution in [0.3, 0.4) is 0 Å². The van der Waals surface area contributed by atoms with Crippen molar-refractivity contribution in [1.82, 2.24) is 10.3 Å². The van der Waals surface area contributed by atoms with Gasteiger partial charge in [0.2, 0.25) is 0 Å². The van der Waals surface area contributed by atoms with Crippen molar-refractivity contribution in [3.05, 3.63) is 29.6 Å². The highest BCUT2D eigenvalue weighted by Crippen LogP contribution is 2.02. The van der Waals surface area contributed by atoms with Gasteiger partial charge < -0.3 is 11.1 Å². The normalized spacial score (nSPS) is 12.9. The van der Waals surface area contributed by atoms with Crippen molar-refractivity contribution >= 4 is 16.7 Å². The molecule has 5 nitrogen and oxygen atoms in total. The minimum absolute atomic E-state index is 0.0650. The van der Waals surface area contributed by atoms with E-state index in [9.17, 15) is 9.00 Å². The number of nitrogens with zero attached hydrogens (tertiary/aromatic N) is 1. The second kappa shape index (κ2) is 8.46. The lowest BCUT2D eigenvalue weighted by Gasteiger charge is -2.09. The molecule has 108 valence electrons. The number of pyridine rings is 1. The van der Waals surface area contributed by atoms with E-state index in [1.807, 2.05) is 6.92 Å². The molecule has 0 spiro atoms. The first-order chi connectivity index (χ1) is 9.54. The maximum atomic E-state index is 11.9. The predicted molar refractivity (Wildman–Crippen MR) is 80.6 cm³/mol. The molecule has 1 amide bonds. The number of nitrogens with two attached hydrogens (primary N) is 1. The fourth-order valence-corrected chi connectivity index (χ4v) is 1.89. The van der Waals surface area contributed by atoms with Gasteiger partial charge in [-0.2, -0.15) is 0 Å². The van der Waals surface area contributed by atoms with Crippen LogP contribution in [-0.4, -0.2) is 39.7 Å². The first kappa shape index (κ1) is 16.3. The highest BCUT2D eigenvalue weighted by Gasteiger charge is 2.09. The van der Waals surface area contributed by atoms with E-state index in [0.717, 1.165) is 0 Å². The molecule has 0 aromatic carbocycles. The number of carbonyl (C=O) groups is 1. The third-order valence-electron chi connectivity index (χ3n) is 2.74. The average molecular weight is 293 g/mol. The van der Waals surface area contributed by atoms with E-state index in [1.54, 1.807) is 18.5 Å². The molecule has 1 aromatic heterocycles. The van der Waals surface area contributed by atoms with Gasteiger partial charge in [0.1, 0.15) is 0 Å². The van der Waals surface area contributed by atoms with Crippen molar-refractivity contribution in [2.45, 2.75) is 18.6 Å². The number of amides is 1. The van der Waals surface area contributed by atoms with Gasteiger partial charge in [-0.25, -0.2) is 0 Å². The standard InChI is InChI=1S/C14H19N3O2S/c1-11(20(2)19)5-7-17-14(18)13-8-12(4-3-6-15)9-16-10-13/h8-11H,5-7,15H2,1-2H3,(H,17,18). The van der Waals surface area contributed by atoms with E-state index in [0.29, 0.717) is 24.1 Å². The number of nitrogens with one attached hydrogen (secondary N) is 1. The number of carbonyl (C=O) groups excluding carboxylic acids is 1. The zero-order valence-electron chi connectivity index (χ0n) is 11.7. The van der Waals surface area contributed by atoms with Gasteiger partial charge in [0.15, 0.2) is 0 Å². The van der Waals surface area contributed by atoms with E-state index in [1.165, 1.54) is 6.20 Å². The van der Waals surface area contributed by atoms with Crippen LogP contribution in [-0.2, 0) is 10.8 Å². The van der Waals surface area contributed by atoms with Crippen LogP contribution in [0.25, 0.3) is 0 Å². The Hall–Kier alpha value is -1.71. The summed E-state index contributed by atoms with van der Waals surface area (Å²) in [6.07, 6.45) is 5.41. The van der Waals surface area contributed by atoms with Gasteiger partial charge in [-0.05, 0) is 12.5 Å². The first-order valence-corrected chi connectivity index (χ1v) is 7.91. The molecular formula is C14H19N3O2S. The number of hydrogen-bond acceptors (Lipinski definition) is 4. The number of hydrogen-bond donors (Lipinski definition) is 2. The molecule has 0 aliphatic rings. The van der Waals surface area contributed by atoms with E-state index < -0.39 is 10.8 Å². The molecule has 1 aromatic rings. The third kappa shape index (κ3) is 5.51. The van der Waals surface area contributed by atoms with Crippen LogP contribution in [0, 0.1) is 11.8 Å². The molecule has 0 aliphatic heterocycles. The van der Waals surface area contributed by atoms with Gasteiger partial charge in [-0.3, -0.25) is 14.0 Å². The Morgan fingerprint density at radius 1 is 1.55 bits per heavy atom. The summed E-state index contributed by atoms with van der Waals surface area (Å²) in [5.74, 6) is 5.34. The van der Waals surface area contributed by atoms with Crippen LogP contribution >= 0.6 is 0 Å². The lowest BCUT2D eigenvalue weighted by molar-refractivity contribution is 0.0953. The maximum absolute atomic E-state index is 11.9. The van der Waals surface area contributed by atoms with E-state index >= 15 is 0 Å². The molecule has 0 bridgehead atoms. The summed E-state index contributed by atoms with van der Waals surface area (Å²) in [7, 11) is -0.871. The molecule has 1 heterocycles. The number of aromatic nitrogens is 1. The van der Waals surface area contributed by atoms with Gasteiger partial charge in [0.05, 0.1) is 12.1 Å². The second-order valence-electron chi connectivity index (χ2n) is 4.32. The largest absolute Gasteiger partial charge is 0.352 e. The van der Waals surface area contributed by atoms with Crippen LogP contribution in [0.1, 0.15) is 29.3 Å². The average Bonchev–Trinajstić information content (AvgIpc) is 2.45. The van der Waals surface area contributed by atoms with Gasteiger partial charge in [-0.15, -0.1) is 0 Å². The van der Waals surface area contributed by atoms with Crippen molar-refractivity contribution in [3.63, 3.8) is 0 Å². The Labute approximate surface area is 121 Å². The van der Waals surface area contributed by atoms with Gasteiger partial charge in [0, 0.05) is 46.8 Å². The summed E-state index contributed by atoms with van der Waals surface area (Å²) in [5, 5.41) is 2.85. The fourth-order valence-electron chi connectivity index (χ4n) is 1.44. The molecule has 6 heteroatoms. The minimum Gasteiger partial charge on any atom is -0.352 e. The van der Waals surface area contributed by atoms with Crippen LogP contribution in [0.15, 0.2) is 18.5 Å². The second-order valence-corrected chi connectivity index (χ2v) is 6.12. The van der Waals surface area contributed by atoms with Crippen LogP contribution in [0.4, 0.5) is 0 Å². The quantitative estimate of drug-likeness (QED) is 0.764. The van der Waals surface area contributed by atoms with Crippen molar-refractivity contribution in [3.8, 4) is 11.8 Å². The molecule has 20 heavy (non-hydrogen) atoms. The summed E-state index contributed by atoms with van der Waals surface area (Å²) in [6.45, 7) is 2.65. The Morgan fingerprint density at radius 3 is 2.95 bits per heavy atom. The van der Waals surface area contributed by atoms with Crippen LogP contribution in [0.5, 0.6) is 0 Å². The van der Waals surface area contributed by atoms with E-state index in [2.05, 4.69) is 22.1 Å². The van der Waals surface area contributed by atoms with Crippen molar-refractivity contribution in [2.75, 3.05) is 19.3 Å². The van der Waals surface area contributed by atoms with E-state index in [-0.39, 0.29) is 17.7 Å². The highest BCUT2D eigenvalue weighted by atomic mass is 32.2. The summed E-state index contributed by atoms with van der Waals surface area (Å²) >= 11 is 0. The topological polar surface area (TPSA) is 85.1 Å². The zero-order valence-corrected chi connectivity index (χ0v) is 12.5. The van der Waals surface area contributed by atoms with Gasteiger partial charge >= 0.3 is 0 Å². The molecule has 2 atom stereocenters. The molecule has 3 N–H and O–H groups in total. The van der Waals surface area contributed by atoms with Gasteiger partial charge in [-0.1, -0.05) is 18.8 Å². The Kier molecular flexibility index (Phi) is 6.91. The molecule has 0 aliphatic carbocycles. The lowest BCUT2D eigenvalue weighted by atomic mass is 10.2. The summed E-state index contributed by atoms with van der Waals surface area (Å²) in [5.41, 5.74) is 6.41. The summed E-state index contributed by atoms with van der Waals surface area (Å²) in [4.78, 5) is 15.9. The smallest absolute Gasteiger partial charge is 0.252 e. The molecule has 2 unspecified atom stereocenters. The van der Waals surface area contributed by atoms with Crippen molar-refractivity contribution in [2.24, 2.45) is 5.73 Å². The predicted octanol–water partition coefficient (Wildman–Crippen LogP) is 0.279. The highest BCUT2D eigenvalue weighted by molar-refractivity contribution is 7.84. The molecular weight excluding hydrogens is 274 g/mol. The molecule has 0 radical (unpaired) electrons. The van der Waals surface area contributed by atoms with E-state index in [4.69, 9.17) is 5.73 Å². The summed E-state index contributed by atoms with van der Waals surface area (Å²) in [6, 6.07) is 1.67. The molecule has 0 saturated heterocycles. The Morgan fingerprint density at radius 2 is 2.30 bits per heavy atom. The monoisotopic (exact) mass is 293 g/mol. The SMILES string of the molecule is CC(CCNC(=O)c1cncc(C#CCN)c1)S(C)=O. The van der Waals surface area contributed by atoms with Crippen molar-refractivity contribution < 1.29 is 9.00 Å². The third-order valence-corrected chi connectivity index (χ3v) is 4.11. The minimum atomic E-state index is -0.871. The lowest BCUT2D eigenvalue weighted by Crippen LogP contribution is -2.27. The van der Waals surface area contributed by atoms with Crippen LogP contribution in [0.2, 0.25) is 0 Å². The summed E-state index contributed by atoms with van der Waals surface area (Å²) < 4.78 is 11.2. The van der Waals surface area contributed by atoms with Gasteiger partial charge in [0.25, 0.3) is 5.91 Å². The molecule has 0 fully saturated rings. The molecule has 0 saturated carbocycles. The Balaban J connectivity index is 2.57. The zero-order chi connectivity index (χ0) is 15.0. The van der Waals surface area contributed by atoms with Crippen LogP contribution < -0.4 is 11.1 Å². The Bertz CT molecular complexity index is 549. The first-order valence-electron chi connectivity index (χ1n) is 6.29. The molecule has 1 rings (SSSR count).